The summed E-state index contributed by atoms with van der Waals surface area (Å²) in [6.07, 6.45) is -0.556. The molecule has 9 heteroatoms. The molecule has 0 aromatic heterocycles. The predicted molar refractivity (Wildman–Crippen MR) is 121 cm³/mol. The van der Waals surface area contributed by atoms with Crippen molar-refractivity contribution in [2.24, 2.45) is 0 Å². The highest BCUT2D eigenvalue weighted by Crippen LogP contribution is 2.33. The molecule has 3 rings (SSSR count). The maximum absolute atomic E-state index is 12.8. The molecular formula is C22H23Cl2N3O4. The van der Waals surface area contributed by atoms with E-state index in [-0.39, 0.29) is 31.3 Å². The molecule has 7 nitrogen and oxygen atoms in total. The zero-order chi connectivity index (χ0) is 22.5. The summed E-state index contributed by atoms with van der Waals surface area (Å²) < 4.78 is 5.62. The molecule has 1 aliphatic rings. The molecule has 1 atom stereocenters. The fourth-order valence-electron chi connectivity index (χ4n) is 3.30. The highest BCUT2D eigenvalue weighted by molar-refractivity contribution is 6.39. The van der Waals surface area contributed by atoms with Gasteiger partial charge in [-0.1, -0.05) is 41.4 Å². The number of rotatable bonds is 7. The quantitative estimate of drug-likeness (QED) is 0.673. The number of hydrogen-bond donors (Lipinski definition) is 1. The van der Waals surface area contributed by atoms with Crippen molar-refractivity contribution in [2.45, 2.75) is 26.4 Å². The molecule has 0 radical (unpaired) electrons. The fourth-order valence-corrected chi connectivity index (χ4v) is 3.79. The highest BCUT2D eigenvalue weighted by atomic mass is 35.5. The van der Waals surface area contributed by atoms with Crippen LogP contribution < -0.4 is 15.0 Å². The smallest absolute Gasteiger partial charge is 0.267 e. The van der Waals surface area contributed by atoms with Crippen molar-refractivity contribution in [1.29, 1.82) is 0 Å². The van der Waals surface area contributed by atoms with Gasteiger partial charge in [0.15, 0.2) is 6.10 Å². The van der Waals surface area contributed by atoms with E-state index in [0.717, 1.165) is 0 Å². The topological polar surface area (TPSA) is 79.0 Å². The summed E-state index contributed by atoms with van der Waals surface area (Å²) in [6, 6.07) is 12.1. The first kappa shape index (κ1) is 22.9. The Balaban J connectivity index is 1.62. The van der Waals surface area contributed by atoms with Crippen LogP contribution in [0.25, 0.3) is 0 Å². The number of benzene rings is 2. The molecule has 0 bridgehead atoms. The lowest BCUT2D eigenvalue weighted by molar-refractivity contribution is -0.134. The number of nitrogens with one attached hydrogen (secondary N) is 1. The first-order chi connectivity index (χ1) is 14.8. The van der Waals surface area contributed by atoms with E-state index in [1.807, 2.05) is 12.1 Å². The molecule has 1 N–H and O–H groups in total. The van der Waals surface area contributed by atoms with E-state index in [1.54, 1.807) is 49.1 Å². The van der Waals surface area contributed by atoms with Gasteiger partial charge in [0.2, 0.25) is 11.8 Å². The molecule has 0 aliphatic carbocycles. The van der Waals surface area contributed by atoms with Crippen LogP contribution in [0.15, 0.2) is 42.5 Å². The summed E-state index contributed by atoms with van der Waals surface area (Å²) in [7, 11) is 0. The van der Waals surface area contributed by atoms with Crippen LogP contribution in [-0.4, -0.2) is 48.4 Å². The minimum absolute atomic E-state index is 0.0702. The lowest BCUT2D eigenvalue weighted by Crippen LogP contribution is -2.46. The minimum Gasteiger partial charge on any atom is -0.479 e. The summed E-state index contributed by atoms with van der Waals surface area (Å²) in [6.45, 7) is 3.84. The highest BCUT2D eigenvalue weighted by Gasteiger charge is 2.31. The van der Waals surface area contributed by atoms with Crippen LogP contribution >= 0.6 is 23.2 Å². The monoisotopic (exact) mass is 463 g/mol. The number of hydrogen-bond acceptors (Lipinski definition) is 4. The van der Waals surface area contributed by atoms with Crippen molar-refractivity contribution in [2.75, 3.05) is 29.9 Å². The molecule has 2 aromatic rings. The second-order valence-corrected chi connectivity index (χ2v) is 7.83. The van der Waals surface area contributed by atoms with Crippen molar-refractivity contribution >= 4 is 52.3 Å². The van der Waals surface area contributed by atoms with E-state index in [9.17, 15) is 14.4 Å². The average molecular weight is 464 g/mol. The number of halogens is 2. The standard InChI is InChI=1S/C22H23Cl2N3O4/c1-3-26(13-19(28)25-21-15(23)7-6-8-16(21)24)20(29)11-12-27-17-9-4-5-10-18(17)31-14(2)22(27)30/h4-10,14H,3,11-13H2,1-2H3,(H,25,28)/t14-/m0/s1. The number of amides is 3. The molecule has 0 spiro atoms. The van der Waals surface area contributed by atoms with E-state index >= 15 is 0 Å². The van der Waals surface area contributed by atoms with Crippen molar-refractivity contribution in [3.05, 3.63) is 52.5 Å². The first-order valence-corrected chi connectivity index (χ1v) is 10.7. The Morgan fingerprint density at radius 2 is 1.81 bits per heavy atom. The van der Waals surface area contributed by atoms with Gasteiger partial charge in [-0.15, -0.1) is 0 Å². The Morgan fingerprint density at radius 1 is 1.13 bits per heavy atom. The Labute approximate surface area is 190 Å². The molecule has 1 aliphatic heterocycles. The summed E-state index contributed by atoms with van der Waals surface area (Å²) in [5.41, 5.74) is 0.941. The van der Waals surface area contributed by atoms with E-state index in [0.29, 0.717) is 33.7 Å². The largest absolute Gasteiger partial charge is 0.479 e. The number of carbonyl (C=O) groups excluding carboxylic acids is 3. The van der Waals surface area contributed by atoms with Crippen LogP contribution in [0.2, 0.25) is 10.0 Å². The van der Waals surface area contributed by atoms with Gasteiger partial charge in [-0.3, -0.25) is 14.4 Å². The fraction of sp³-hybridized carbons (Fsp3) is 0.318. The van der Waals surface area contributed by atoms with Gasteiger partial charge in [0.05, 0.1) is 28.0 Å². The van der Waals surface area contributed by atoms with E-state index in [2.05, 4.69) is 5.32 Å². The van der Waals surface area contributed by atoms with Crippen molar-refractivity contribution < 1.29 is 19.1 Å². The van der Waals surface area contributed by atoms with Gasteiger partial charge in [0.25, 0.3) is 5.91 Å². The number of likely N-dealkylation sites (N-methyl/N-ethyl adjacent to an activating group) is 1. The molecular weight excluding hydrogens is 441 g/mol. The van der Waals surface area contributed by atoms with E-state index in [4.69, 9.17) is 27.9 Å². The number of carbonyl (C=O) groups is 3. The summed E-state index contributed by atoms with van der Waals surface area (Å²) in [5, 5.41) is 3.28. The Morgan fingerprint density at radius 3 is 2.48 bits per heavy atom. The second kappa shape index (κ2) is 10.0. The average Bonchev–Trinajstić information content (AvgIpc) is 2.75. The molecule has 3 amide bonds. The molecule has 164 valence electrons. The van der Waals surface area contributed by atoms with E-state index in [1.165, 1.54) is 4.90 Å². The van der Waals surface area contributed by atoms with Crippen molar-refractivity contribution in [3.8, 4) is 5.75 Å². The minimum atomic E-state index is -0.626. The molecule has 0 saturated heterocycles. The Bertz CT molecular complexity index is 978. The van der Waals surface area contributed by atoms with Gasteiger partial charge in [-0.2, -0.15) is 0 Å². The predicted octanol–water partition coefficient (Wildman–Crippen LogP) is 3.98. The Hall–Kier alpha value is -2.77. The summed E-state index contributed by atoms with van der Waals surface area (Å²) in [4.78, 5) is 40.8. The van der Waals surface area contributed by atoms with Crippen LogP contribution in [-0.2, 0) is 14.4 Å². The molecule has 0 unspecified atom stereocenters. The van der Waals surface area contributed by atoms with Crippen molar-refractivity contribution in [3.63, 3.8) is 0 Å². The van der Waals surface area contributed by atoms with E-state index < -0.39 is 12.0 Å². The lowest BCUT2D eigenvalue weighted by atomic mass is 10.1. The number of ether oxygens (including phenoxy) is 1. The van der Waals surface area contributed by atoms with Crippen LogP contribution in [0, 0.1) is 0 Å². The SMILES string of the molecule is CCN(CC(=O)Nc1c(Cl)cccc1Cl)C(=O)CCN1C(=O)[C@H](C)Oc2ccccc21. The third-order valence-electron chi connectivity index (χ3n) is 4.92. The van der Waals surface area contributed by atoms with Crippen LogP contribution in [0.3, 0.4) is 0 Å². The maximum Gasteiger partial charge on any atom is 0.267 e. The van der Waals surface area contributed by atoms with Gasteiger partial charge in [0, 0.05) is 19.5 Å². The number of fused-ring (bicyclic) bond motifs is 1. The second-order valence-electron chi connectivity index (χ2n) is 7.02. The molecule has 0 fully saturated rings. The van der Waals surface area contributed by atoms with Crippen LogP contribution in [0.4, 0.5) is 11.4 Å². The zero-order valence-corrected chi connectivity index (χ0v) is 18.7. The summed E-state index contributed by atoms with van der Waals surface area (Å²) in [5.74, 6) is -0.259. The molecule has 2 aromatic carbocycles. The van der Waals surface area contributed by atoms with Crippen LogP contribution in [0.5, 0.6) is 5.75 Å². The zero-order valence-electron chi connectivity index (χ0n) is 17.2. The van der Waals surface area contributed by atoms with Crippen molar-refractivity contribution in [1.82, 2.24) is 4.90 Å². The Kier molecular flexibility index (Phi) is 7.41. The van der Waals surface area contributed by atoms with Gasteiger partial charge in [-0.05, 0) is 38.1 Å². The number of para-hydroxylation sites is 3. The van der Waals surface area contributed by atoms with Gasteiger partial charge < -0.3 is 19.9 Å². The van der Waals surface area contributed by atoms with Gasteiger partial charge >= 0.3 is 0 Å². The number of nitrogens with zero attached hydrogens (tertiary/aromatic N) is 2. The maximum atomic E-state index is 12.8. The third-order valence-corrected chi connectivity index (χ3v) is 5.55. The molecule has 1 heterocycles. The first-order valence-electron chi connectivity index (χ1n) is 9.90. The summed E-state index contributed by atoms with van der Waals surface area (Å²) >= 11 is 12.2. The van der Waals surface area contributed by atoms with Crippen LogP contribution in [0.1, 0.15) is 20.3 Å². The van der Waals surface area contributed by atoms with Gasteiger partial charge in [-0.25, -0.2) is 0 Å². The van der Waals surface area contributed by atoms with Gasteiger partial charge in [0.1, 0.15) is 5.75 Å². The molecule has 0 saturated carbocycles. The number of anilines is 2. The third kappa shape index (κ3) is 5.29. The molecule has 31 heavy (non-hydrogen) atoms. The normalized spacial score (nSPS) is 15.2. The lowest BCUT2D eigenvalue weighted by Gasteiger charge is -2.33.